The van der Waals surface area contributed by atoms with E-state index in [4.69, 9.17) is 14.2 Å². The summed E-state index contributed by atoms with van der Waals surface area (Å²) in [7, 11) is -3.66. The maximum absolute atomic E-state index is 13.1. The summed E-state index contributed by atoms with van der Waals surface area (Å²) < 4.78 is 44.9. The third-order valence-corrected chi connectivity index (χ3v) is 7.10. The van der Waals surface area contributed by atoms with Crippen LogP contribution in [0.4, 0.5) is 5.69 Å². The van der Waals surface area contributed by atoms with E-state index in [1.54, 1.807) is 24.3 Å². The number of amides is 1. The van der Waals surface area contributed by atoms with Crippen molar-refractivity contribution in [2.75, 3.05) is 31.6 Å². The van der Waals surface area contributed by atoms with Gasteiger partial charge in [-0.3, -0.25) is 4.79 Å². The molecule has 1 heterocycles. The molecule has 1 saturated heterocycles. The van der Waals surface area contributed by atoms with Crippen LogP contribution in [0.15, 0.2) is 47.4 Å². The summed E-state index contributed by atoms with van der Waals surface area (Å²) in [6, 6.07) is 11.7. The zero-order valence-electron chi connectivity index (χ0n) is 20.1. The molecular weight excluding hydrogens is 456 g/mol. The lowest BCUT2D eigenvalue weighted by atomic mass is 10.2. The van der Waals surface area contributed by atoms with Crippen molar-refractivity contribution in [3.8, 4) is 17.2 Å². The minimum absolute atomic E-state index is 0.125. The van der Waals surface area contributed by atoms with Gasteiger partial charge < -0.3 is 19.5 Å². The summed E-state index contributed by atoms with van der Waals surface area (Å²) in [5.41, 5.74) is 0.288. The largest absolute Gasteiger partial charge is 0.490 e. The van der Waals surface area contributed by atoms with Crippen LogP contribution in [0.1, 0.15) is 46.5 Å². The Morgan fingerprint density at radius 2 is 1.68 bits per heavy atom. The number of rotatable bonds is 11. The number of carbonyl (C=O) groups is 1. The Kier molecular flexibility index (Phi) is 9.18. The van der Waals surface area contributed by atoms with Crippen molar-refractivity contribution in [3.05, 3.63) is 42.5 Å². The van der Waals surface area contributed by atoms with Gasteiger partial charge in [-0.15, -0.1) is 0 Å². The number of hydrogen-bond donors (Lipinski definition) is 1. The number of anilines is 1. The number of ether oxygens (including phenoxy) is 3. The summed E-state index contributed by atoms with van der Waals surface area (Å²) in [4.78, 5) is 12.8. The summed E-state index contributed by atoms with van der Waals surface area (Å²) in [6.45, 7) is 7.01. The quantitative estimate of drug-likeness (QED) is 0.500. The average molecular weight is 491 g/mol. The van der Waals surface area contributed by atoms with Crippen molar-refractivity contribution >= 4 is 21.6 Å². The van der Waals surface area contributed by atoms with Crippen molar-refractivity contribution in [2.45, 2.75) is 57.5 Å². The molecule has 8 nitrogen and oxygen atoms in total. The number of para-hydroxylation sites is 2. The Balaban J connectivity index is 1.76. The Morgan fingerprint density at radius 3 is 2.32 bits per heavy atom. The molecule has 1 amide bonds. The van der Waals surface area contributed by atoms with E-state index < -0.39 is 15.9 Å². The second kappa shape index (κ2) is 12.1. The summed E-state index contributed by atoms with van der Waals surface area (Å²) in [5.74, 6) is 0.987. The topological polar surface area (TPSA) is 94.2 Å². The molecule has 0 bridgehead atoms. The molecule has 34 heavy (non-hydrogen) atoms. The monoisotopic (exact) mass is 490 g/mol. The van der Waals surface area contributed by atoms with Crippen LogP contribution in [0.2, 0.25) is 0 Å². The van der Waals surface area contributed by atoms with Crippen LogP contribution in [0.3, 0.4) is 0 Å². The van der Waals surface area contributed by atoms with Crippen LogP contribution in [0, 0.1) is 0 Å². The fraction of sp³-hybridized carbons (Fsp3) is 0.480. The van der Waals surface area contributed by atoms with Crippen molar-refractivity contribution < 1.29 is 27.4 Å². The lowest BCUT2D eigenvalue weighted by Gasteiger charge is -2.26. The normalized spacial score (nSPS) is 14.6. The first-order valence-electron chi connectivity index (χ1n) is 11.8. The van der Waals surface area contributed by atoms with Gasteiger partial charge in [-0.2, -0.15) is 4.31 Å². The standard InChI is InChI=1S/C25H34N2O6S/c1-4-16-31-23-10-6-7-11-24(23)32-18-25(28)26-21-17-20(12-13-22(21)33-19(2)3)34(29,30)27-14-8-5-9-15-27/h6-7,10-13,17,19H,4-5,8-9,14-16,18H2,1-3H3,(H,26,28). The minimum Gasteiger partial charge on any atom is -0.490 e. The smallest absolute Gasteiger partial charge is 0.262 e. The van der Waals surface area contributed by atoms with Gasteiger partial charge in [0.25, 0.3) is 5.91 Å². The predicted molar refractivity (Wildman–Crippen MR) is 131 cm³/mol. The molecule has 0 radical (unpaired) electrons. The van der Waals surface area contributed by atoms with Gasteiger partial charge in [-0.1, -0.05) is 25.5 Å². The van der Waals surface area contributed by atoms with E-state index in [0.29, 0.717) is 36.9 Å². The molecule has 1 aliphatic heterocycles. The number of sulfonamides is 1. The molecule has 3 rings (SSSR count). The van der Waals surface area contributed by atoms with Crippen molar-refractivity contribution in [1.29, 1.82) is 0 Å². The van der Waals surface area contributed by atoms with Crippen molar-refractivity contribution in [3.63, 3.8) is 0 Å². The van der Waals surface area contributed by atoms with Crippen molar-refractivity contribution in [1.82, 2.24) is 4.31 Å². The van der Waals surface area contributed by atoms with E-state index in [1.165, 1.54) is 16.4 Å². The molecule has 0 aliphatic carbocycles. The van der Waals surface area contributed by atoms with Crippen LogP contribution in [0.5, 0.6) is 17.2 Å². The highest BCUT2D eigenvalue weighted by molar-refractivity contribution is 7.89. The van der Waals surface area contributed by atoms with Gasteiger partial charge in [-0.05, 0) is 63.4 Å². The van der Waals surface area contributed by atoms with Gasteiger partial charge in [0.2, 0.25) is 10.0 Å². The van der Waals surface area contributed by atoms with E-state index in [2.05, 4.69) is 5.32 Å². The van der Waals surface area contributed by atoms with Gasteiger partial charge >= 0.3 is 0 Å². The molecule has 1 N–H and O–H groups in total. The van der Waals surface area contributed by atoms with E-state index in [9.17, 15) is 13.2 Å². The molecule has 1 aliphatic rings. The van der Waals surface area contributed by atoms with Crippen LogP contribution in [0.25, 0.3) is 0 Å². The van der Waals surface area contributed by atoms with Gasteiger partial charge in [0.1, 0.15) is 5.75 Å². The Morgan fingerprint density at radius 1 is 1.00 bits per heavy atom. The summed E-state index contributed by atoms with van der Waals surface area (Å²) >= 11 is 0. The summed E-state index contributed by atoms with van der Waals surface area (Å²) in [5, 5.41) is 2.75. The highest BCUT2D eigenvalue weighted by Gasteiger charge is 2.27. The molecule has 0 saturated carbocycles. The lowest BCUT2D eigenvalue weighted by Crippen LogP contribution is -2.35. The van der Waals surface area contributed by atoms with Crippen LogP contribution >= 0.6 is 0 Å². The van der Waals surface area contributed by atoms with E-state index >= 15 is 0 Å². The Hall–Kier alpha value is -2.78. The van der Waals surface area contributed by atoms with Gasteiger partial charge in [-0.25, -0.2) is 8.42 Å². The van der Waals surface area contributed by atoms with Gasteiger partial charge in [0, 0.05) is 13.1 Å². The van der Waals surface area contributed by atoms with Crippen LogP contribution < -0.4 is 19.5 Å². The Labute approximate surface area is 202 Å². The second-order valence-corrected chi connectivity index (χ2v) is 10.4. The molecule has 0 aromatic heterocycles. The molecule has 9 heteroatoms. The highest BCUT2D eigenvalue weighted by Crippen LogP contribution is 2.31. The van der Waals surface area contributed by atoms with Gasteiger partial charge in [0.05, 0.1) is 23.3 Å². The SMILES string of the molecule is CCCOc1ccccc1OCC(=O)Nc1cc(S(=O)(=O)N2CCCCC2)ccc1OC(C)C. The number of nitrogens with one attached hydrogen (secondary N) is 1. The molecule has 186 valence electrons. The fourth-order valence-electron chi connectivity index (χ4n) is 3.61. The number of carbonyl (C=O) groups excluding carboxylic acids is 1. The average Bonchev–Trinajstić information content (AvgIpc) is 2.83. The third-order valence-electron chi connectivity index (χ3n) is 5.21. The molecule has 0 unspecified atom stereocenters. The van der Waals surface area contributed by atoms with Crippen molar-refractivity contribution in [2.24, 2.45) is 0 Å². The predicted octanol–water partition coefficient (Wildman–Crippen LogP) is 4.45. The highest BCUT2D eigenvalue weighted by atomic mass is 32.2. The maximum atomic E-state index is 13.1. The second-order valence-electron chi connectivity index (χ2n) is 8.42. The van der Waals surface area contributed by atoms with E-state index in [0.717, 1.165) is 25.7 Å². The first-order valence-corrected chi connectivity index (χ1v) is 13.2. The zero-order valence-corrected chi connectivity index (χ0v) is 20.9. The van der Waals surface area contributed by atoms with E-state index in [-0.39, 0.29) is 23.3 Å². The fourth-order valence-corrected chi connectivity index (χ4v) is 5.15. The molecule has 2 aromatic carbocycles. The first-order chi connectivity index (χ1) is 16.3. The molecule has 2 aromatic rings. The first kappa shape index (κ1) is 25.8. The third kappa shape index (κ3) is 6.87. The molecule has 0 atom stereocenters. The zero-order chi connectivity index (χ0) is 24.6. The van der Waals surface area contributed by atoms with Crippen LogP contribution in [-0.2, 0) is 14.8 Å². The number of nitrogens with zero attached hydrogens (tertiary/aromatic N) is 1. The summed E-state index contributed by atoms with van der Waals surface area (Å²) in [6.07, 6.45) is 3.42. The number of piperidine rings is 1. The Bertz CT molecular complexity index is 1060. The molecule has 0 spiro atoms. The minimum atomic E-state index is -3.66. The van der Waals surface area contributed by atoms with E-state index in [1.807, 2.05) is 26.8 Å². The molecule has 1 fully saturated rings. The number of hydrogen-bond acceptors (Lipinski definition) is 6. The van der Waals surface area contributed by atoms with Gasteiger partial charge in [0.15, 0.2) is 18.1 Å². The lowest BCUT2D eigenvalue weighted by molar-refractivity contribution is -0.118. The maximum Gasteiger partial charge on any atom is 0.262 e. The van der Waals surface area contributed by atoms with Crippen LogP contribution in [-0.4, -0.2) is 51.0 Å². The number of benzene rings is 2. The molecular formula is C25H34N2O6S.